The Morgan fingerprint density at radius 3 is 2.57 bits per heavy atom. The summed E-state index contributed by atoms with van der Waals surface area (Å²) in [5, 5.41) is 3.15. The Morgan fingerprint density at radius 2 is 2.00 bits per heavy atom. The summed E-state index contributed by atoms with van der Waals surface area (Å²) >= 11 is 3.33. The van der Waals surface area contributed by atoms with Crippen LogP contribution in [0.2, 0.25) is 0 Å². The van der Waals surface area contributed by atoms with Crippen LogP contribution in [0.1, 0.15) is 19.3 Å². The maximum absolute atomic E-state index is 12.9. The van der Waals surface area contributed by atoms with Crippen molar-refractivity contribution in [3.8, 4) is 5.75 Å². The molecule has 1 heterocycles. The van der Waals surface area contributed by atoms with Crippen molar-refractivity contribution in [3.63, 3.8) is 0 Å². The van der Waals surface area contributed by atoms with Crippen molar-refractivity contribution in [2.75, 3.05) is 33.8 Å². The van der Waals surface area contributed by atoms with Crippen LogP contribution >= 0.6 is 28.3 Å². The Morgan fingerprint density at radius 1 is 1.35 bits per heavy atom. The second-order valence-electron chi connectivity index (χ2n) is 5.53. The van der Waals surface area contributed by atoms with Crippen LogP contribution in [0.25, 0.3) is 0 Å². The predicted molar refractivity (Wildman–Crippen MR) is 98.0 cm³/mol. The van der Waals surface area contributed by atoms with Crippen LogP contribution < -0.4 is 10.1 Å². The lowest BCUT2D eigenvalue weighted by Gasteiger charge is -2.31. The van der Waals surface area contributed by atoms with Gasteiger partial charge in [0.15, 0.2) is 0 Å². The maximum Gasteiger partial charge on any atom is 0.246 e. The molecule has 0 saturated carbocycles. The second kappa shape index (κ2) is 9.22. The van der Waals surface area contributed by atoms with E-state index in [0.717, 1.165) is 30.3 Å². The maximum atomic E-state index is 12.9. The van der Waals surface area contributed by atoms with E-state index < -0.39 is 10.0 Å². The zero-order valence-corrected chi connectivity index (χ0v) is 16.6. The van der Waals surface area contributed by atoms with Gasteiger partial charge in [0.05, 0.1) is 7.11 Å². The molecule has 0 unspecified atom stereocenters. The van der Waals surface area contributed by atoms with Gasteiger partial charge in [-0.3, -0.25) is 0 Å². The van der Waals surface area contributed by atoms with Gasteiger partial charge < -0.3 is 10.1 Å². The Hall–Kier alpha value is -0.340. The van der Waals surface area contributed by atoms with Crippen LogP contribution in [0.15, 0.2) is 27.6 Å². The van der Waals surface area contributed by atoms with Gasteiger partial charge in [-0.2, -0.15) is 4.31 Å². The van der Waals surface area contributed by atoms with E-state index >= 15 is 0 Å². The Kier molecular flexibility index (Phi) is 8.30. The van der Waals surface area contributed by atoms with E-state index in [0.29, 0.717) is 24.8 Å². The van der Waals surface area contributed by atoms with Gasteiger partial charge in [-0.1, -0.05) is 15.9 Å². The number of nitrogens with zero attached hydrogens (tertiary/aromatic N) is 1. The van der Waals surface area contributed by atoms with Gasteiger partial charge in [-0.15, -0.1) is 12.4 Å². The number of hydrogen-bond donors (Lipinski definition) is 1. The standard InChI is InChI=1S/C15H23BrN2O3S.ClH/c1-17-8-5-12-6-9-18(10-7-12)22(19,20)15-11-13(16)3-4-14(15)21-2;/h3-4,11-12,17H,5-10H2,1-2H3;1H. The molecule has 5 nitrogen and oxygen atoms in total. The minimum Gasteiger partial charge on any atom is -0.495 e. The van der Waals surface area contributed by atoms with E-state index in [4.69, 9.17) is 4.74 Å². The third-order valence-electron chi connectivity index (χ3n) is 4.12. The fraction of sp³-hybridized carbons (Fsp3) is 0.600. The largest absolute Gasteiger partial charge is 0.495 e. The van der Waals surface area contributed by atoms with Crippen molar-refractivity contribution in [2.24, 2.45) is 5.92 Å². The average Bonchev–Trinajstić information content (AvgIpc) is 2.53. The highest BCUT2D eigenvalue weighted by atomic mass is 79.9. The van der Waals surface area contributed by atoms with Crippen molar-refractivity contribution < 1.29 is 13.2 Å². The zero-order valence-electron chi connectivity index (χ0n) is 13.4. The van der Waals surface area contributed by atoms with Crippen LogP contribution in [0.4, 0.5) is 0 Å². The lowest BCUT2D eigenvalue weighted by atomic mass is 9.95. The summed E-state index contributed by atoms with van der Waals surface area (Å²) in [4.78, 5) is 0.234. The van der Waals surface area contributed by atoms with Crippen LogP contribution in [0.3, 0.4) is 0 Å². The first-order chi connectivity index (χ1) is 10.5. The number of sulfonamides is 1. The third-order valence-corrected chi connectivity index (χ3v) is 6.53. The van der Waals surface area contributed by atoms with E-state index in [1.165, 1.54) is 7.11 Å². The SMILES string of the molecule is CNCCC1CCN(S(=O)(=O)c2cc(Br)ccc2OC)CC1.Cl. The summed E-state index contributed by atoms with van der Waals surface area (Å²) < 4.78 is 33.2. The second-order valence-corrected chi connectivity index (χ2v) is 8.36. The number of piperidine rings is 1. The molecule has 0 atom stereocenters. The molecule has 8 heteroatoms. The molecule has 1 aromatic rings. The topological polar surface area (TPSA) is 58.6 Å². The molecule has 0 amide bonds. The summed E-state index contributed by atoms with van der Waals surface area (Å²) in [5.74, 6) is 0.990. The fourth-order valence-corrected chi connectivity index (χ4v) is 4.94. The molecule has 0 bridgehead atoms. The smallest absolute Gasteiger partial charge is 0.246 e. The highest BCUT2D eigenvalue weighted by Crippen LogP contribution is 2.32. The highest BCUT2D eigenvalue weighted by Gasteiger charge is 2.31. The first-order valence-corrected chi connectivity index (χ1v) is 9.70. The lowest BCUT2D eigenvalue weighted by Crippen LogP contribution is -2.39. The van der Waals surface area contributed by atoms with Gasteiger partial charge in [0.2, 0.25) is 10.0 Å². The molecule has 0 radical (unpaired) electrons. The third kappa shape index (κ3) is 5.06. The lowest BCUT2D eigenvalue weighted by molar-refractivity contribution is 0.262. The van der Waals surface area contributed by atoms with Crippen LogP contribution in [-0.2, 0) is 10.0 Å². The van der Waals surface area contributed by atoms with E-state index in [-0.39, 0.29) is 17.3 Å². The van der Waals surface area contributed by atoms with Crippen molar-refractivity contribution in [1.82, 2.24) is 9.62 Å². The molecule has 1 N–H and O–H groups in total. The van der Waals surface area contributed by atoms with Gasteiger partial charge >= 0.3 is 0 Å². The summed E-state index contributed by atoms with van der Waals surface area (Å²) in [6.45, 7) is 2.13. The van der Waals surface area contributed by atoms with Gasteiger partial charge in [0.1, 0.15) is 10.6 Å². The van der Waals surface area contributed by atoms with E-state index in [2.05, 4.69) is 21.2 Å². The number of nitrogens with one attached hydrogen (secondary N) is 1. The number of ether oxygens (including phenoxy) is 1. The van der Waals surface area contributed by atoms with Crippen molar-refractivity contribution in [2.45, 2.75) is 24.2 Å². The van der Waals surface area contributed by atoms with Gasteiger partial charge in [0, 0.05) is 17.6 Å². The Bertz CT molecular complexity index is 605. The molecule has 2 rings (SSSR count). The Balaban J connectivity index is 0.00000264. The summed E-state index contributed by atoms with van der Waals surface area (Å²) in [7, 11) is -0.0726. The minimum absolute atomic E-state index is 0. The van der Waals surface area contributed by atoms with E-state index in [1.807, 2.05) is 7.05 Å². The first-order valence-electron chi connectivity index (χ1n) is 7.47. The summed E-state index contributed by atoms with van der Waals surface area (Å²) in [6.07, 6.45) is 2.93. The minimum atomic E-state index is -3.51. The number of methoxy groups -OCH3 is 1. The Labute approximate surface area is 153 Å². The summed E-state index contributed by atoms with van der Waals surface area (Å²) in [5.41, 5.74) is 0. The van der Waals surface area contributed by atoms with E-state index in [9.17, 15) is 8.42 Å². The van der Waals surface area contributed by atoms with Crippen LogP contribution in [0, 0.1) is 5.92 Å². The van der Waals surface area contributed by atoms with E-state index in [1.54, 1.807) is 22.5 Å². The molecule has 0 spiro atoms. The zero-order chi connectivity index (χ0) is 16.2. The number of halogens is 2. The van der Waals surface area contributed by atoms with Crippen molar-refractivity contribution in [1.29, 1.82) is 0 Å². The molecule has 1 saturated heterocycles. The predicted octanol–water partition coefficient (Wildman–Crippen LogP) is 2.89. The van der Waals surface area contributed by atoms with Crippen molar-refractivity contribution in [3.05, 3.63) is 22.7 Å². The molecule has 23 heavy (non-hydrogen) atoms. The normalized spacial score (nSPS) is 16.8. The average molecular weight is 428 g/mol. The van der Waals surface area contributed by atoms with Crippen molar-refractivity contribution >= 4 is 38.4 Å². The van der Waals surface area contributed by atoms with Gasteiger partial charge in [0.25, 0.3) is 0 Å². The number of benzene rings is 1. The molecular weight excluding hydrogens is 404 g/mol. The highest BCUT2D eigenvalue weighted by molar-refractivity contribution is 9.10. The molecule has 1 aliphatic rings. The van der Waals surface area contributed by atoms with Crippen LogP contribution in [-0.4, -0.2) is 46.5 Å². The number of rotatable bonds is 6. The molecule has 1 fully saturated rings. The van der Waals surface area contributed by atoms with Gasteiger partial charge in [-0.05, 0) is 57.0 Å². The van der Waals surface area contributed by atoms with Crippen LogP contribution in [0.5, 0.6) is 5.75 Å². The molecule has 1 aromatic carbocycles. The fourth-order valence-electron chi connectivity index (χ4n) is 2.78. The first kappa shape index (κ1) is 20.7. The molecule has 1 aliphatic heterocycles. The monoisotopic (exact) mass is 426 g/mol. The van der Waals surface area contributed by atoms with Gasteiger partial charge in [-0.25, -0.2) is 8.42 Å². The molecule has 0 aliphatic carbocycles. The molecular formula is C15H24BrClN2O3S. The quantitative estimate of drug-likeness (QED) is 0.758. The summed E-state index contributed by atoms with van der Waals surface area (Å²) in [6, 6.07) is 5.07. The molecule has 0 aromatic heterocycles. The molecule has 132 valence electrons. The number of hydrogen-bond acceptors (Lipinski definition) is 4.